The largest absolute Gasteiger partial charge is 0.354 e. The van der Waals surface area contributed by atoms with Crippen molar-refractivity contribution >= 4 is 21.8 Å². The Morgan fingerprint density at radius 3 is 2.76 bits per heavy atom. The van der Waals surface area contributed by atoms with E-state index >= 15 is 0 Å². The molecule has 0 spiro atoms. The molecule has 3 heteroatoms. The maximum atomic E-state index is 6.25. The Kier molecular flexibility index (Phi) is 1.55. The van der Waals surface area contributed by atoms with Crippen molar-refractivity contribution in [3.05, 3.63) is 42.2 Å². The first kappa shape index (κ1) is 9.19. The first-order valence-electron chi connectivity index (χ1n) is 5.91. The van der Waals surface area contributed by atoms with Crippen LogP contribution in [0.25, 0.3) is 21.8 Å². The molecule has 1 aliphatic carbocycles. The molecule has 0 unspecified atom stereocenters. The van der Waals surface area contributed by atoms with Gasteiger partial charge in [-0.2, -0.15) is 0 Å². The van der Waals surface area contributed by atoms with Crippen molar-refractivity contribution in [3.63, 3.8) is 0 Å². The first-order chi connectivity index (χ1) is 8.26. The van der Waals surface area contributed by atoms with Crippen molar-refractivity contribution in [2.45, 2.75) is 18.4 Å². The summed E-state index contributed by atoms with van der Waals surface area (Å²) in [6.45, 7) is 0. The molecule has 3 N–H and O–H groups in total. The van der Waals surface area contributed by atoms with Gasteiger partial charge in [0.05, 0.1) is 0 Å². The number of benzene rings is 1. The lowest BCUT2D eigenvalue weighted by Crippen LogP contribution is -2.18. The molecule has 1 aliphatic rings. The fraction of sp³-hybridized carbons (Fsp3) is 0.214. The number of nitrogens with zero attached hydrogens (tertiary/aromatic N) is 1. The zero-order chi connectivity index (χ0) is 11.5. The zero-order valence-corrected chi connectivity index (χ0v) is 9.40. The summed E-state index contributed by atoms with van der Waals surface area (Å²) in [6.07, 6.45) is 5.91. The van der Waals surface area contributed by atoms with Crippen LogP contribution in [0.3, 0.4) is 0 Å². The molecule has 84 valence electrons. The molecule has 2 aromatic heterocycles. The molecule has 1 aromatic carbocycles. The van der Waals surface area contributed by atoms with Crippen molar-refractivity contribution in [3.8, 4) is 0 Å². The van der Waals surface area contributed by atoms with Gasteiger partial charge in [-0.3, -0.25) is 4.98 Å². The predicted molar refractivity (Wildman–Crippen MR) is 68.7 cm³/mol. The van der Waals surface area contributed by atoms with E-state index in [4.69, 9.17) is 5.73 Å². The Morgan fingerprint density at radius 1 is 1.12 bits per heavy atom. The standard InChI is InChI=1S/C14H13N3/c15-14(4-5-14)9-1-2-12-10(7-9)11-8-16-6-3-13(11)17-12/h1-3,6-8,17H,4-5,15H2. The maximum Gasteiger partial charge on any atom is 0.0495 e. The lowest BCUT2D eigenvalue weighted by Gasteiger charge is -2.08. The second-order valence-corrected chi connectivity index (χ2v) is 4.96. The highest BCUT2D eigenvalue weighted by Crippen LogP contribution is 2.43. The number of hydrogen-bond acceptors (Lipinski definition) is 2. The lowest BCUT2D eigenvalue weighted by molar-refractivity contribution is 0.741. The smallest absolute Gasteiger partial charge is 0.0495 e. The van der Waals surface area contributed by atoms with Crippen LogP contribution in [0.1, 0.15) is 18.4 Å². The Balaban J connectivity index is 2.07. The highest BCUT2D eigenvalue weighted by Gasteiger charge is 2.39. The molecule has 0 amide bonds. The molecule has 17 heavy (non-hydrogen) atoms. The van der Waals surface area contributed by atoms with Gasteiger partial charge in [-0.15, -0.1) is 0 Å². The third kappa shape index (κ3) is 1.23. The van der Waals surface area contributed by atoms with Crippen molar-refractivity contribution in [2.24, 2.45) is 5.73 Å². The lowest BCUT2D eigenvalue weighted by atomic mass is 10.0. The molecule has 3 nitrogen and oxygen atoms in total. The summed E-state index contributed by atoms with van der Waals surface area (Å²) in [4.78, 5) is 7.59. The highest BCUT2D eigenvalue weighted by atomic mass is 14.8. The van der Waals surface area contributed by atoms with E-state index < -0.39 is 0 Å². The summed E-state index contributed by atoms with van der Waals surface area (Å²) in [5, 5.41) is 2.40. The van der Waals surface area contributed by atoms with Gasteiger partial charge in [-0.05, 0) is 36.6 Å². The number of nitrogens with two attached hydrogens (primary N) is 1. The predicted octanol–water partition coefficient (Wildman–Crippen LogP) is 2.66. The molecular formula is C14H13N3. The number of H-pyrrole nitrogens is 1. The van der Waals surface area contributed by atoms with Gasteiger partial charge in [-0.1, -0.05) is 6.07 Å². The molecular weight excluding hydrogens is 210 g/mol. The number of hydrogen-bond donors (Lipinski definition) is 2. The van der Waals surface area contributed by atoms with E-state index in [1.807, 2.05) is 18.5 Å². The summed E-state index contributed by atoms with van der Waals surface area (Å²) in [7, 11) is 0. The van der Waals surface area contributed by atoms with Crippen LogP contribution < -0.4 is 5.73 Å². The van der Waals surface area contributed by atoms with E-state index in [-0.39, 0.29) is 5.54 Å². The third-order valence-corrected chi connectivity index (χ3v) is 3.76. The number of nitrogens with one attached hydrogen (secondary N) is 1. The molecule has 1 fully saturated rings. The van der Waals surface area contributed by atoms with E-state index in [2.05, 4.69) is 28.2 Å². The molecule has 2 heterocycles. The maximum absolute atomic E-state index is 6.25. The van der Waals surface area contributed by atoms with Gasteiger partial charge in [0.2, 0.25) is 0 Å². The molecule has 4 rings (SSSR count). The summed E-state index contributed by atoms with van der Waals surface area (Å²) >= 11 is 0. The zero-order valence-electron chi connectivity index (χ0n) is 9.40. The number of fused-ring (bicyclic) bond motifs is 3. The molecule has 1 saturated carbocycles. The van der Waals surface area contributed by atoms with Crippen LogP contribution in [0.15, 0.2) is 36.7 Å². The molecule has 0 bridgehead atoms. The van der Waals surface area contributed by atoms with Gasteiger partial charge in [0.25, 0.3) is 0 Å². The topological polar surface area (TPSA) is 54.7 Å². The van der Waals surface area contributed by atoms with Crippen LogP contribution in [0, 0.1) is 0 Å². The molecule has 0 aliphatic heterocycles. The summed E-state index contributed by atoms with van der Waals surface area (Å²) in [5.74, 6) is 0. The fourth-order valence-electron chi connectivity index (χ4n) is 2.47. The van der Waals surface area contributed by atoms with Gasteiger partial charge in [0, 0.05) is 39.7 Å². The fourth-order valence-corrected chi connectivity index (χ4v) is 2.47. The van der Waals surface area contributed by atoms with E-state index in [0.29, 0.717) is 0 Å². The molecule has 0 saturated heterocycles. The second-order valence-electron chi connectivity index (χ2n) is 4.96. The van der Waals surface area contributed by atoms with E-state index in [9.17, 15) is 0 Å². The molecule has 0 atom stereocenters. The quantitative estimate of drug-likeness (QED) is 0.666. The SMILES string of the molecule is NC1(c2ccc3[nH]c4ccncc4c3c2)CC1. The summed E-state index contributed by atoms with van der Waals surface area (Å²) in [5.41, 5.74) is 9.71. The van der Waals surface area contributed by atoms with Crippen LogP contribution in [0.2, 0.25) is 0 Å². The Labute approximate surface area is 98.7 Å². The van der Waals surface area contributed by atoms with Crippen LogP contribution in [-0.2, 0) is 5.54 Å². The number of rotatable bonds is 1. The van der Waals surface area contributed by atoms with Crippen molar-refractivity contribution in [1.29, 1.82) is 0 Å². The minimum Gasteiger partial charge on any atom is -0.354 e. The van der Waals surface area contributed by atoms with Crippen LogP contribution in [0.4, 0.5) is 0 Å². The highest BCUT2D eigenvalue weighted by molar-refractivity contribution is 6.07. The van der Waals surface area contributed by atoms with Crippen molar-refractivity contribution in [1.82, 2.24) is 9.97 Å². The van der Waals surface area contributed by atoms with E-state index in [0.717, 1.165) is 23.9 Å². The van der Waals surface area contributed by atoms with Gasteiger partial charge >= 0.3 is 0 Å². The van der Waals surface area contributed by atoms with Crippen LogP contribution in [-0.4, -0.2) is 9.97 Å². The van der Waals surface area contributed by atoms with Crippen molar-refractivity contribution in [2.75, 3.05) is 0 Å². The average molecular weight is 223 g/mol. The Hall–Kier alpha value is -1.87. The summed E-state index contributed by atoms with van der Waals surface area (Å²) in [6, 6.07) is 8.48. The molecule has 0 radical (unpaired) electrons. The third-order valence-electron chi connectivity index (χ3n) is 3.76. The van der Waals surface area contributed by atoms with Gasteiger partial charge in [0.1, 0.15) is 0 Å². The monoisotopic (exact) mass is 223 g/mol. The number of aromatic amines is 1. The van der Waals surface area contributed by atoms with Gasteiger partial charge in [0.15, 0.2) is 0 Å². The van der Waals surface area contributed by atoms with Crippen LogP contribution in [0.5, 0.6) is 0 Å². The number of pyridine rings is 1. The van der Waals surface area contributed by atoms with Gasteiger partial charge in [-0.25, -0.2) is 0 Å². The Morgan fingerprint density at radius 2 is 1.94 bits per heavy atom. The van der Waals surface area contributed by atoms with Crippen LogP contribution >= 0.6 is 0 Å². The Bertz CT molecular complexity index is 722. The molecule has 3 aromatic rings. The first-order valence-corrected chi connectivity index (χ1v) is 5.91. The summed E-state index contributed by atoms with van der Waals surface area (Å²) < 4.78 is 0. The number of aromatic nitrogens is 2. The van der Waals surface area contributed by atoms with E-state index in [1.165, 1.54) is 16.3 Å². The van der Waals surface area contributed by atoms with Crippen molar-refractivity contribution < 1.29 is 0 Å². The second kappa shape index (κ2) is 2.87. The van der Waals surface area contributed by atoms with E-state index in [1.54, 1.807) is 0 Å². The minimum atomic E-state index is -0.0695. The average Bonchev–Trinajstić information content (AvgIpc) is 3.00. The minimum absolute atomic E-state index is 0.0695. The van der Waals surface area contributed by atoms with Gasteiger partial charge < -0.3 is 10.7 Å². The normalized spacial score (nSPS) is 17.7.